The number of ether oxygens (including phenoxy) is 2. The van der Waals surface area contributed by atoms with Crippen molar-refractivity contribution >= 4 is 17.3 Å². The van der Waals surface area contributed by atoms with E-state index in [1.54, 1.807) is 0 Å². The standard InChI is InChI=1S/C24H46O5S/c1-2-3-4-5-6-7-8-9-10-11-12-13-14-15-16-17-22(30)28-19-21(26)24-23(27)20(25)18-29-24/h20-21,23-27H,2-19H2,1H3/t20-,21+,23+,24+/m0/s1. The van der Waals surface area contributed by atoms with E-state index in [9.17, 15) is 15.3 Å². The first-order valence-corrected chi connectivity index (χ1v) is 12.8. The topological polar surface area (TPSA) is 79.2 Å². The van der Waals surface area contributed by atoms with Gasteiger partial charge in [0.2, 0.25) is 0 Å². The molecule has 0 spiro atoms. The Labute approximate surface area is 189 Å². The highest BCUT2D eigenvalue weighted by atomic mass is 32.1. The van der Waals surface area contributed by atoms with Crippen molar-refractivity contribution in [1.29, 1.82) is 0 Å². The zero-order valence-corrected chi connectivity index (χ0v) is 19.9. The lowest BCUT2D eigenvalue weighted by Crippen LogP contribution is -2.41. The Kier molecular flexibility index (Phi) is 17.0. The van der Waals surface area contributed by atoms with E-state index < -0.39 is 24.4 Å². The zero-order valence-electron chi connectivity index (χ0n) is 19.1. The minimum atomic E-state index is -1.08. The highest BCUT2D eigenvalue weighted by Crippen LogP contribution is 2.18. The minimum Gasteiger partial charge on any atom is -0.484 e. The van der Waals surface area contributed by atoms with Crippen molar-refractivity contribution in [3.05, 3.63) is 0 Å². The summed E-state index contributed by atoms with van der Waals surface area (Å²) in [6, 6.07) is 0. The molecule has 0 unspecified atom stereocenters. The third-order valence-electron chi connectivity index (χ3n) is 5.97. The van der Waals surface area contributed by atoms with Crippen LogP contribution >= 0.6 is 12.2 Å². The smallest absolute Gasteiger partial charge is 0.159 e. The molecule has 0 aromatic carbocycles. The molecule has 0 aliphatic carbocycles. The molecule has 0 aromatic heterocycles. The van der Waals surface area contributed by atoms with Crippen LogP contribution in [0.4, 0.5) is 0 Å². The van der Waals surface area contributed by atoms with E-state index in [1.165, 1.54) is 83.5 Å². The van der Waals surface area contributed by atoms with Gasteiger partial charge in [-0.1, -0.05) is 96.8 Å². The first-order valence-electron chi connectivity index (χ1n) is 12.4. The quantitative estimate of drug-likeness (QED) is 0.190. The van der Waals surface area contributed by atoms with Gasteiger partial charge in [-0.25, -0.2) is 0 Å². The van der Waals surface area contributed by atoms with Crippen LogP contribution in [-0.4, -0.2) is 58.0 Å². The van der Waals surface area contributed by atoms with Gasteiger partial charge in [0.15, 0.2) is 5.05 Å². The molecule has 0 radical (unpaired) electrons. The van der Waals surface area contributed by atoms with Crippen LogP contribution in [-0.2, 0) is 9.47 Å². The van der Waals surface area contributed by atoms with Crippen LogP contribution in [0.3, 0.4) is 0 Å². The second kappa shape index (κ2) is 18.3. The maximum absolute atomic E-state index is 10.0. The van der Waals surface area contributed by atoms with Crippen LogP contribution in [0, 0.1) is 0 Å². The molecule has 1 heterocycles. The summed E-state index contributed by atoms with van der Waals surface area (Å²) in [6.45, 7) is 2.30. The summed E-state index contributed by atoms with van der Waals surface area (Å²) in [5, 5.41) is 29.7. The summed E-state index contributed by atoms with van der Waals surface area (Å²) in [6.07, 6.45) is 16.9. The van der Waals surface area contributed by atoms with Crippen molar-refractivity contribution in [2.45, 2.75) is 134 Å². The van der Waals surface area contributed by atoms with Gasteiger partial charge in [0, 0.05) is 6.42 Å². The molecular weight excluding hydrogens is 400 g/mol. The maximum Gasteiger partial charge on any atom is 0.159 e. The third kappa shape index (κ3) is 13.2. The summed E-state index contributed by atoms with van der Waals surface area (Å²) in [4.78, 5) is 0. The van der Waals surface area contributed by atoms with E-state index in [2.05, 4.69) is 6.92 Å². The van der Waals surface area contributed by atoms with Gasteiger partial charge in [0.1, 0.15) is 31.0 Å². The van der Waals surface area contributed by atoms with Gasteiger partial charge < -0.3 is 24.8 Å². The Bertz CT molecular complexity index is 420. The van der Waals surface area contributed by atoms with Crippen LogP contribution in [0.25, 0.3) is 0 Å². The van der Waals surface area contributed by atoms with Crippen molar-refractivity contribution in [2.75, 3.05) is 13.2 Å². The highest BCUT2D eigenvalue weighted by molar-refractivity contribution is 7.80. The van der Waals surface area contributed by atoms with Crippen LogP contribution < -0.4 is 0 Å². The third-order valence-corrected chi connectivity index (χ3v) is 6.29. The predicted molar refractivity (Wildman–Crippen MR) is 126 cm³/mol. The zero-order chi connectivity index (χ0) is 22.0. The summed E-state index contributed by atoms with van der Waals surface area (Å²) in [5.41, 5.74) is 0. The number of aliphatic hydroxyl groups is 3. The number of rotatable bonds is 19. The van der Waals surface area contributed by atoms with Gasteiger partial charge in [-0.05, 0) is 18.6 Å². The van der Waals surface area contributed by atoms with Gasteiger partial charge in [0.05, 0.1) is 6.61 Å². The summed E-state index contributed by atoms with van der Waals surface area (Å²) >= 11 is 5.21. The van der Waals surface area contributed by atoms with Crippen LogP contribution in [0.2, 0.25) is 0 Å². The summed E-state index contributed by atoms with van der Waals surface area (Å²) in [5.74, 6) is 0. The van der Waals surface area contributed by atoms with Gasteiger partial charge in [-0.3, -0.25) is 0 Å². The molecule has 6 heteroatoms. The molecule has 0 saturated carbocycles. The monoisotopic (exact) mass is 446 g/mol. The number of unbranched alkanes of at least 4 members (excludes halogenated alkanes) is 14. The molecule has 1 fully saturated rings. The second-order valence-corrected chi connectivity index (χ2v) is 9.26. The van der Waals surface area contributed by atoms with Crippen LogP contribution in [0.15, 0.2) is 0 Å². The predicted octanol–water partition coefficient (Wildman–Crippen LogP) is 5.07. The number of thiocarbonyl (C=S) groups is 1. The lowest BCUT2D eigenvalue weighted by molar-refractivity contribution is -0.0663. The molecule has 5 nitrogen and oxygen atoms in total. The van der Waals surface area contributed by atoms with Crippen LogP contribution in [0.1, 0.15) is 110 Å². The molecule has 1 saturated heterocycles. The van der Waals surface area contributed by atoms with E-state index in [1.807, 2.05) is 0 Å². The number of hydrogen-bond acceptors (Lipinski definition) is 6. The molecule has 0 bridgehead atoms. The molecule has 1 aliphatic heterocycles. The number of aliphatic hydroxyl groups excluding tert-OH is 3. The fourth-order valence-electron chi connectivity index (χ4n) is 3.95. The minimum absolute atomic E-state index is 0.00792. The Morgan fingerprint density at radius 1 is 0.867 bits per heavy atom. The normalized spacial score (nSPS) is 22.3. The molecule has 30 heavy (non-hydrogen) atoms. The average Bonchev–Trinajstić information content (AvgIpc) is 3.07. The van der Waals surface area contributed by atoms with Gasteiger partial charge >= 0.3 is 0 Å². The SMILES string of the molecule is CCCCCCCCCCCCCCCCCC(=S)OC[C@@H](O)[C@H]1OC[C@H](O)[C@H]1O. The fourth-order valence-corrected chi connectivity index (χ4v) is 4.16. The average molecular weight is 447 g/mol. The van der Waals surface area contributed by atoms with Gasteiger partial charge in [-0.2, -0.15) is 0 Å². The molecule has 1 rings (SSSR count). The lowest BCUT2D eigenvalue weighted by Gasteiger charge is -2.21. The molecule has 1 aliphatic rings. The molecule has 4 atom stereocenters. The van der Waals surface area contributed by atoms with Crippen molar-refractivity contribution in [3.63, 3.8) is 0 Å². The summed E-state index contributed by atoms with van der Waals surface area (Å²) in [7, 11) is 0. The highest BCUT2D eigenvalue weighted by Gasteiger charge is 2.39. The van der Waals surface area contributed by atoms with E-state index in [0.29, 0.717) is 5.05 Å². The second-order valence-electron chi connectivity index (χ2n) is 8.81. The lowest BCUT2D eigenvalue weighted by atomic mass is 10.0. The molecule has 3 N–H and O–H groups in total. The van der Waals surface area contributed by atoms with E-state index in [-0.39, 0.29) is 13.2 Å². The summed E-state index contributed by atoms with van der Waals surface area (Å²) < 4.78 is 10.6. The number of hydrogen-bond donors (Lipinski definition) is 3. The first kappa shape index (κ1) is 27.8. The Morgan fingerprint density at radius 2 is 1.33 bits per heavy atom. The van der Waals surface area contributed by atoms with E-state index in [4.69, 9.17) is 21.7 Å². The Balaban J connectivity index is 1.83. The Hall–Kier alpha value is -0.270. The fraction of sp³-hybridized carbons (Fsp3) is 0.958. The molecule has 0 aromatic rings. The largest absolute Gasteiger partial charge is 0.484 e. The van der Waals surface area contributed by atoms with Crippen molar-refractivity contribution in [1.82, 2.24) is 0 Å². The maximum atomic E-state index is 10.0. The van der Waals surface area contributed by atoms with Crippen molar-refractivity contribution < 1.29 is 24.8 Å². The molecule has 0 amide bonds. The van der Waals surface area contributed by atoms with Crippen LogP contribution in [0.5, 0.6) is 0 Å². The Morgan fingerprint density at radius 3 is 1.77 bits per heavy atom. The molecule has 178 valence electrons. The van der Waals surface area contributed by atoms with E-state index >= 15 is 0 Å². The van der Waals surface area contributed by atoms with Gasteiger partial charge in [0.25, 0.3) is 0 Å². The van der Waals surface area contributed by atoms with Gasteiger partial charge in [-0.15, -0.1) is 0 Å². The first-order chi connectivity index (χ1) is 14.6. The van der Waals surface area contributed by atoms with Crippen molar-refractivity contribution in [3.8, 4) is 0 Å². The van der Waals surface area contributed by atoms with E-state index in [0.717, 1.165) is 19.3 Å². The van der Waals surface area contributed by atoms with Crippen molar-refractivity contribution in [2.24, 2.45) is 0 Å². The molecular formula is C24H46O5S.